The van der Waals surface area contributed by atoms with Crippen LogP contribution < -0.4 is 0 Å². The number of rotatable bonds is 5. The van der Waals surface area contributed by atoms with Crippen molar-refractivity contribution in [2.24, 2.45) is 0 Å². The van der Waals surface area contributed by atoms with Crippen LogP contribution in [0.2, 0.25) is 0 Å². The first-order chi connectivity index (χ1) is 11.6. The number of carbonyl (C=O) groups is 2. The van der Waals surface area contributed by atoms with Crippen LogP contribution in [0.5, 0.6) is 0 Å². The van der Waals surface area contributed by atoms with Gasteiger partial charge < -0.3 is 14.5 Å². The van der Waals surface area contributed by atoms with Gasteiger partial charge in [-0.1, -0.05) is 19.0 Å². The fraction of sp³-hybridized carbons (Fsp3) is 0.556. The van der Waals surface area contributed by atoms with Crippen LogP contribution in [0.4, 0.5) is 0 Å². The van der Waals surface area contributed by atoms with Gasteiger partial charge in [0.05, 0.1) is 16.6 Å². The number of carboxylic acids is 1. The average molecular weight is 345 g/mol. The molecule has 1 aliphatic rings. The van der Waals surface area contributed by atoms with E-state index in [1.165, 1.54) is 25.8 Å². The van der Waals surface area contributed by atoms with Crippen molar-refractivity contribution in [3.05, 3.63) is 23.0 Å². The van der Waals surface area contributed by atoms with Gasteiger partial charge in [-0.2, -0.15) is 0 Å². The van der Waals surface area contributed by atoms with Crippen molar-refractivity contribution in [3.8, 4) is 0 Å². The van der Waals surface area contributed by atoms with Crippen LogP contribution >= 0.6 is 0 Å². The fourth-order valence-electron chi connectivity index (χ4n) is 2.72. The predicted octanol–water partition coefficient (Wildman–Crippen LogP) is 3.16. The maximum Gasteiger partial charge on any atom is 0.329 e. The Balaban J connectivity index is 2.17. The Bertz CT molecular complexity index is 849. The minimum absolute atomic E-state index is 0.0548. The third kappa shape index (κ3) is 2.88. The van der Waals surface area contributed by atoms with E-state index in [1.807, 2.05) is 13.8 Å². The molecule has 0 atom stereocenters. The molecule has 0 spiro atoms. The van der Waals surface area contributed by atoms with E-state index < -0.39 is 11.5 Å². The third-order valence-corrected chi connectivity index (χ3v) is 4.93. The molecular weight excluding hydrogens is 322 g/mol. The summed E-state index contributed by atoms with van der Waals surface area (Å²) in [4.78, 5) is 30.4. The van der Waals surface area contributed by atoms with Crippen molar-refractivity contribution in [3.63, 3.8) is 0 Å². The molecular formula is C18H23N3O4. The summed E-state index contributed by atoms with van der Waals surface area (Å²) in [5.41, 5.74) is 0.895. The average Bonchev–Trinajstić information content (AvgIpc) is 3.31. The molecule has 3 rings (SSSR count). The topological polar surface area (TPSA) is 96.5 Å². The summed E-state index contributed by atoms with van der Waals surface area (Å²) in [5.74, 6) is -1.04. The minimum atomic E-state index is -1.33. The normalized spacial score (nSPS) is 15.0. The molecule has 1 amide bonds. The second-order valence-corrected chi connectivity index (χ2v) is 7.50. The van der Waals surface area contributed by atoms with Crippen LogP contribution in [0.25, 0.3) is 11.1 Å². The zero-order valence-corrected chi connectivity index (χ0v) is 15.2. The maximum absolute atomic E-state index is 13.1. The summed E-state index contributed by atoms with van der Waals surface area (Å²) in [6.07, 6.45) is 2.07. The highest BCUT2D eigenvalue weighted by atomic mass is 16.5. The number of nitrogens with zero attached hydrogens (tertiary/aromatic N) is 3. The molecule has 134 valence electrons. The van der Waals surface area contributed by atoms with Crippen molar-refractivity contribution in [1.82, 2.24) is 15.0 Å². The van der Waals surface area contributed by atoms with Crippen molar-refractivity contribution >= 4 is 23.0 Å². The monoisotopic (exact) mass is 345 g/mol. The number of likely N-dealkylation sites (N-methyl/N-ethyl adjacent to an activating group) is 1. The molecule has 0 unspecified atom stereocenters. The van der Waals surface area contributed by atoms with E-state index in [1.54, 1.807) is 6.07 Å². The lowest BCUT2D eigenvalue weighted by atomic mass is 9.98. The Kier molecular flexibility index (Phi) is 4.05. The molecule has 0 radical (unpaired) electrons. The predicted molar refractivity (Wildman–Crippen MR) is 91.7 cm³/mol. The Hall–Kier alpha value is -2.44. The lowest BCUT2D eigenvalue weighted by molar-refractivity contribution is -0.147. The first-order valence-corrected chi connectivity index (χ1v) is 8.46. The number of aromatic nitrogens is 2. The van der Waals surface area contributed by atoms with Crippen molar-refractivity contribution in [2.45, 2.75) is 57.9 Å². The molecule has 2 aromatic heterocycles. The van der Waals surface area contributed by atoms with Gasteiger partial charge in [0, 0.05) is 18.7 Å². The van der Waals surface area contributed by atoms with E-state index in [0.717, 1.165) is 18.5 Å². The molecule has 0 saturated heterocycles. The van der Waals surface area contributed by atoms with Gasteiger partial charge in [0.25, 0.3) is 11.6 Å². The molecule has 2 aromatic rings. The number of pyridine rings is 1. The van der Waals surface area contributed by atoms with Gasteiger partial charge in [0.1, 0.15) is 5.54 Å². The Morgan fingerprint density at radius 1 is 1.36 bits per heavy atom. The molecule has 0 bridgehead atoms. The second-order valence-electron chi connectivity index (χ2n) is 7.50. The van der Waals surface area contributed by atoms with E-state index in [9.17, 15) is 14.7 Å². The smallest absolute Gasteiger partial charge is 0.329 e. The molecule has 0 aromatic carbocycles. The lowest BCUT2D eigenvalue weighted by Gasteiger charge is -2.31. The molecule has 0 aliphatic heterocycles. The van der Waals surface area contributed by atoms with Gasteiger partial charge >= 0.3 is 5.97 Å². The number of amides is 1. The highest BCUT2D eigenvalue weighted by molar-refractivity contribution is 6.07. The van der Waals surface area contributed by atoms with Crippen molar-refractivity contribution in [1.29, 1.82) is 0 Å². The van der Waals surface area contributed by atoms with Gasteiger partial charge in [-0.3, -0.25) is 4.79 Å². The number of fused-ring (bicyclic) bond motifs is 1. The van der Waals surface area contributed by atoms with Crippen LogP contribution in [0.15, 0.2) is 10.6 Å². The van der Waals surface area contributed by atoms with E-state index in [2.05, 4.69) is 10.1 Å². The first-order valence-electron chi connectivity index (χ1n) is 8.46. The van der Waals surface area contributed by atoms with Gasteiger partial charge in [-0.25, -0.2) is 9.78 Å². The molecule has 1 N–H and O–H groups in total. The molecule has 7 heteroatoms. The zero-order chi connectivity index (χ0) is 18.5. The molecule has 1 aliphatic carbocycles. The Morgan fingerprint density at radius 2 is 2.00 bits per heavy atom. The van der Waals surface area contributed by atoms with E-state index in [4.69, 9.17) is 4.52 Å². The van der Waals surface area contributed by atoms with E-state index in [0.29, 0.717) is 28.3 Å². The summed E-state index contributed by atoms with van der Waals surface area (Å²) >= 11 is 0. The van der Waals surface area contributed by atoms with Crippen molar-refractivity contribution in [2.75, 3.05) is 7.05 Å². The largest absolute Gasteiger partial charge is 0.480 e. The van der Waals surface area contributed by atoms with Crippen LogP contribution in [0, 0.1) is 0 Å². The quantitative estimate of drug-likeness (QED) is 0.894. The van der Waals surface area contributed by atoms with Gasteiger partial charge in [0.2, 0.25) is 0 Å². The van der Waals surface area contributed by atoms with Crippen LogP contribution in [-0.4, -0.2) is 44.6 Å². The highest BCUT2D eigenvalue weighted by Gasteiger charge is 2.38. The fourth-order valence-corrected chi connectivity index (χ4v) is 2.72. The summed E-state index contributed by atoms with van der Waals surface area (Å²) in [6, 6.07) is 1.78. The van der Waals surface area contributed by atoms with E-state index >= 15 is 0 Å². The van der Waals surface area contributed by atoms with Crippen LogP contribution in [0.1, 0.15) is 74.1 Å². The minimum Gasteiger partial charge on any atom is -0.480 e. The summed E-state index contributed by atoms with van der Waals surface area (Å²) < 4.78 is 5.38. The molecule has 1 fully saturated rings. The van der Waals surface area contributed by atoms with Crippen LogP contribution in [0.3, 0.4) is 0 Å². The van der Waals surface area contributed by atoms with Crippen molar-refractivity contribution < 1.29 is 19.2 Å². The van der Waals surface area contributed by atoms with E-state index in [-0.39, 0.29) is 11.8 Å². The highest BCUT2D eigenvalue weighted by Crippen LogP contribution is 2.41. The molecule has 2 heterocycles. The number of carbonyl (C=O) groups excluding carboxylic acids is 1. The van der Waals surface area contributed by atoms with Gasteiger partial charge in [-0.05, 0) is 38.7 Å². The maximum atomic E-state index is 13.1. The second kappa shape index (κ2) is 5.82. The molecule has 7 nitrogen and oxygen atoms in total. The summed E-state index contributed by atoms with van der Waals surface area (Å²) in [5, 5.41) is 14.1. The lowest BCUT2D eigenvalue weighted by Crippen LogP contribution is -2.50. The summed E-state index contributed by atoms with van der Waals surface area (Å²) in [6.45, 7) is 6.94. The first kappa shape index (κ1) is 17.4. The number of hydrogen-bond acceptors (Lipinski definition) is 5. The zero-order valence-electron chi connectivity index (χ0n) is 15.2. The summed E-state index contributed by atoms with van der Waals surface area (Å²) in [7, 11) is 1.50. The standard InChI is InChI=1S/C18H23N3O4/c1-9(2)14-13-11(16(22)21(5)18(3,4)17(23)24)8-12(10-6-7-10)19-15(13)25-20-14/h8-10H,6-7H2,1-5H3,(H,23,24). The van der Waals surface area contributed by atoms with Gasteiger partial charge in [0.15, 0.2) is 0 Å². The Morgan fingerprint density at radius 3 is 2.52 bits per heavy atom. The SMILES string of the molecule is CC(C)c1noc2nc(C3CC3)cc(C(=O)N(C)C(C)(C)C(=O)O)c12. The Labute approximate surface area is 146 Å². The molecule has 1 saturated carbocycles. The third-order valence-electron chi connectivity index (χ3n) is 4.93. The number of aliphatic carboxylic acids is 1. The number of carboxylic acid groups (broad SMARTS) is 1. The van der Waals surface area contributed by atoms with Crippen LogP contribution in [-0.2, 0) is 4.79 Å². The van der Waals surface area contributed by atoms with Gasteiger partial charge in [-0.15, -0.1) is 0 Å². The molecule has 25 heavy (non-hydrogen) atoms. The number of hydrogen-bond donors (Lipinski definition) is 1.